The molecule has 0 bridgehead atoms. The van der Waals surface area contributed by atoms with E-state index in [-0.39, 0.29) is 17.8 Å². The van der Waals surface area contributed by atoms with E-state index >= 15 is 0 Å². The van der Waals surface area contributed by atoms with Crippen molar-refractivity contribution < 1.29 is 4.79 Å². The Morgan fingerprint density at radius 3 is 2.38 bits per heavy atom. The summed E-state index contributed by atoms with van der Waals surface area (Å²) in [6.45, 7) is 7.66. The van der Waals surface area contributed by atoms with Gasteiger partial charge in [0.05, 0.1) is 5.39 Å². The Hall–Kier alpha value is -3.33. The molecule has 3 heterocycles. The molecule has 1 fully saturated rings. The van der Waals surface area contributed by atoms with Crippen LogP contribution in [0, 0.1) is 5.92 Å². The first-order chi connectivity index (χ1) is 14.1. The summed E-state index contributed by atoms with van der Waals surface area (Å²) < 4.78 is 0. The molecule has 9 heteroatoms. The van der Waals surface area contributed by atoms with E-state index in [1.807, 2.05) is 26.0 Å². The van der Waals surface area contributed by atoms with E-state index in [1.165, 1.54) is 5.69 Å². The molecule has 0 spiro atoms. The molecule has 0 unspecified atom stereocenters. The number of hydrogen-bond acceptors (Lipinski definition) is 8. The fourth-order valence-corrected chi connectivity index (χ4v) is 3.01. The van der Waals surface area contributed by atoms with E-state index in [9.17, 15) is 4.79 Å². The average Bonchev–Trinajstić information content (AvgIpc) is 2.74. The van der Waals surface area contributed by atoms with Crippen LogP contribution in [0.2, 0.25) is 0 Å². The number of carbonyl (C=O) groups is 1. The molecular weight excluding hydrogens is 368 g/mol. The van der Waals surface area contributed by atoms with Gasteiger partial charge in [0.15, 0.2) is 5.65 Å². The van der Waals surface area contributed by atoms with E-state index in [1.54, 1.807) is 12.4 Å². The first-order valence-corrected chi connectivity index (χ1v) is 9.72. The molecule has 29 heavy (non-hydrogen) atoms. The normalized spacial score (nSPS) is 14.2. The Morgan fingerprint density at radius 1 is 1.03 bits per heavy atom. The van der Waals surface area contributed by atoms with E-state index in [0.717, 1.165) is 31.9 Å². The minimum Gasteiger partial charge on any atom is -0.369 e. The maximum Gasteiger partial charge on any atom is 0.231 e. The van der Waals surface area contributed by atoms with Crippen LogP contribution >= 0.6 is 0 Å². The molecule has 1 aliphatic heterocycles. The quantitative estimate of drug-likeness (QED) is 0.606. The van der Waals surface area contributed by atoms with Crippen molar-refractivity contribution in [1.29, 1.82) is 0 Å². The molecule has 9 nitrogen and oxygen atoms in total. The fraction of sp³-hybridized carbons (Fsp3) is 0.350. The number of aromatic nitrogens is 4. The van der Waals surface area contributed by atoms with Crippen molar-refractivity contribution in [1.82, 2.24) is 25.3 Å². The molecule has 4 rings (SSSR count). The lowest BCUT2D eigenvalue weighted by molar-refractivity contribution is -0.118. The molecule has 1 aliphatic rings. The van der Waals surface area contributed by atoms with E-state index in [2.05, 4.69) is 52.9 Å². The van der Waals surface area contributed by atoms with E-state index in [0.29, 0.717) is 17.0 Å². The summed E-state index contributed by atoms with van der Waals surface area (Å²) in [5, 5.41) is 9.95. The van der Waals surface area contributed by atoms with Crippen molar-refractivity contribution in [2.24, 2.45) is 5.92 Å². The van der Waals surface area contributed by atoms with Crippen LogP contribution in [0.5, 0.6) is 0 Å². The van der Waals surface area contributed by atoms with E-state index in [4.69, 9.17) is 0 Å². The zero-order valence-corrected chi connectivity index (χ0v) is 16.5. The molecule has 0 saturated carbocycles. The van der Waals surface area contributed by atoms with Gasteiger partial charge in [0.25, 0.3) is 0 Å². The Kier molecular flexibility index (Phi) is 5.48. The minimum atomic E-state index is -0.152. The molecule has 0 aliphatic carbocycles. The highest BCUT2D eigenvalue weighted by molar-refractivity contribution is 5.91. The van der Waals surface area contributed by atoms with Gasteiger partial charge < -0.3 is 15.5 Å². The van der Waals surface area contributed by atoms with Gasteiger partial charge in [-0.05, 0) is 24.3 Å². The molecule has 2 aromatic heterocycles. The number of nitrogens with one attached hydrogen (secondary N) is 3. The third-order valence-electron chi connectivity index (χ3n) is 4.70. The zero-order chi connectivity index (χ0) is 20.2. The molecule has 0 atom stereocenters. The lowest BCUT2D eigenvalue weighted by Crippen LogP contribution is -2.43. The minimum absolute atomic E-state index is 0.138. The molecule has 1 amide bonds. The van der Waals surface area contributed by atoms with Gasteiger partial charge in [-0.2, -0.15) is 9.97 Å². The highest BCUT2D eigenvalue weighted by Crippen LogP contribution is 2.21. The number of piperazine rings is 1. The predicted molar refractivity (Wildman–Crippen MR) is 113 cm³/mol. The zero-order valence-electron chi connectivity index (χ0n) is 16.5. The Bertz CT molecular complexity index is 999. The van der Waals surface area contributed by atoms with Gasteiger partial charge in [0.2, 0.25) is 17.8 Å². The summed E-state index contributed by atoms with van der Waals surface area (Å²) in [5.74, 6) is 0.385. The van der Waals surface area contributed by atoms with Gasteiger partial charge in [0, 0.05) is 55.9 Å². The second kappa shape index (κ2) is 8.36. The number of carbonyl (C=O) groups excluding carboxylic acids is 1. The van der Waals surface area contributed by atoms with Crippen LogP contribution in [-0.4, -0.2) is 52.0 Å². The maximum absolute atomic E-state index is 11.9. The first kappa shape index (κ1) is 19.0. The number of benzene rings is 1. The molecule has 0 radical (unpaired) electrons. The second-order valence-electron chi connectivity index (χ2n) is 7.22. The number of hydrogen-bond donors (Lipinski definition) is 3. The maximum atomic E-state index is 11.9. The van der Waals surface area contributed by atoms with Crippen molar-refractivity contribution in [3.05, 3.63) is 36.7 Å². The summed E-state index contributed by atoms with van der Waals surface area (Å²) in [4.78, 5) is 31.5. The monoisotopic (exact) mass is 392 g/mol. The lowest BCUT2D eigenvalue weighted by Gasteiger charge is -2.29. The van der Waals surface area contributed by atoms with Crippen LogP contribution in [0.25, 0.3) is 11.0 Å². The smallest absolute Gasteiger partial charge is 0.231 e. The highest BCUT2D eigenvalue weighted by atomic mass is 16.2. The van der Waals surface area contributed by atoms with Crippen LogP contribution in [-0.2, 0) is 4.79 Å². The van der Waals surface area contributed by atoms with Crippen LogP contribution < -0.4 is 20.9 Å². The van der Waals surface area contributed by atoms with Gasteiger partial charge in [0.1, 0.15) is 0 Å². The summed E-state index contributed by atoms with van der Waals surface area (Å²) in [6.07, 6.45) is 3.26. The SMILES string of the molecule is CC(C)C(=O)Nc1ncc2cnc(Nc3ccc(N4CCNCC4)cc3)nc2n1. The molecule has 3 N–H and O–H groups in total. The van der Waals surface area contributed by atoms with Crippen molar-refractivity contribution in [2.75, 3.05) is 41.7 Å². The highest BCUT2D eigenvalue weighted by Gasteiger charge is 2.12. The molecule has 1 aromatic carbocycles. The summed E-state index contributed by atoms with van der Waals surface area (Å²) >= 11 is 0. The summed E-state index contributed by atoms with van der Waals surface area (Å²) in [6, 6.07) is 8.21. The van der Waals surface area contributed by atoms with Gasteiger partial charge >= 0.3 is 0 Å². The van der Waals surface area contributed by atoms with Crippen LogP contribution in [0.3, 0.4) is 0 Å². The molecule has 150 valence electrons. The van der Waals surface area contributed by atoms with Crippen molar-refractivity contribution in [3.63, 3.8) is 0 Å². The van der Waals surface area contributed by atoms with Gasteiger partial charge in [-0.25, -0.2) is 9.97 Å². The number of amides is 1. The Labute approximate surface area is 169 Å². The number of rotatable bonds is 5. The summed E-state index contributed by atoms with van der Waals surface area (Å²) in [7, 11) is 0. The molecule has 3 aromatic rings. The summed E-state index contributed by atoms with van der Waals surface area (Å²) in [5.41, 5.74) is 2.56. The average molecular weight is 392 g/mol. The van der Waals surface area contributed by atoms with Gasteiger partial charge in [-0.3, -0.25) is 10.1 Å². The van der Waals surface area contributed by atoms with Gasteiger partial charge in [-0.1, -0.05) is 13.8 Å². The molecule has 1 saturated heterocycles. The second-order valence-corrected chi connectivity index (χ2v) is 7.22. The third-order valence-corrected chi connectivity index (χ3v) is 4.70. The Morgan fingerprint density at radius 2 is 1.69 bits per heavy atom. The largest absolute Gasteiger partial charge is 0.369 e. The predicted octanol–water partition coefficient (Wildman–Crippen LogP) is 2.17. The van der Waals surface area contributed by atoms with Crippen LogP contribution in [0.4, 0.5) is 23.3 Å². The van der Waals surface area contributed by atoms with Crippen LogP contribution in [0.15, 0.2) is 36.7 Å². The third kappa shape index (κ3) is 4.57. The topological polar surface area (TPSA) is 108 Å². The van der Waals surface area contributed by atoms with Crippen molar-refractivity contribution in [2.45, 2.75) is 13.8 Å². The van der Waals surface area contributed by atoms with Crippen molar-refractivity contribution in [3.8, 4) is 0 Å². The fourth-order valence-electron chi connectivity index (χ4n) is 3.01. The lowest BCUT2D eigenvalue weighted by atomic mass is 10.2. The van der Waals surface area contributed by atoms with E-state index < -0.39 is 0 Å². The molecular formula is C20H24N8O. The van der Waals surface area contributed by atoms with Crippen LogP contribution in [0.1, 0.15) is 13.8 Å². The van der Waals surface area contributed by atoms with Crippen molar-refractivity contribution >= 4 is 40.2 Å². The van der Waals surface area contributed by atoms with Gasteiger partial charge in [-0.15, -0.1) is 0 Å². The Balaban J connectivity index is 1.49. The number of fused-ring (bicyclic) bond motifs is 1. The number of anilines is 4. The number of nitrogens with zero attached hydrogens (tertiary/aromatic N) is 5. The standard InChI is InChI=1S/C20H24N8O/c1-13(2)18(29)27-20-23-12-14-11-22-19(25-17(14)26-20)24-15-3-5-16(6-4-15)28-9-7-21-8-10-28/h3-6,11-13,21H,7-10H2,1-2H3,(H2,22,23,24,25,26,27,29). The first-order valence-electron chi connectivity index (χ1n) is 9.72.